The highest BCUT2D eigenvalue weighted by atomic mass is 79.9. The maximum absolute atomic E-state index is 10.7. The van der Waals surface area contributed by atoms with E-state index in [1.165, 1.54) is 0 Å². The van der Waals surface area contributed by atoms with Crippen molar-refractivity contribution in [3.8, 4) is 5.75 Å². The van der Waals surface area contributed by atoms with Crippen LogP contribution >= 0.6 is 15.9 Å². The summed E-state index contributed by atoms with van der Waals surface area (Å²) in [5.41, 5.74) is 0.0863. The zero-order chi connectivity index (χ0) is 13.8. The van der Waals surface area contributed by atoms with Crippen molar-refractivity contribution in [2.24, 2.45) is 5.92 Å². The Kier molecular flexibility index (Phi) is 5.63. The van der Waals surface area contributed by atoms with E-state index in [0.29, 0.717) is 13.0 Å². The molecule has 0 saturated heterocycles. The topological polar surface area (TPSA) is 38.7 Å². The van der Waals surface area contributed by atoms with Crippen molar-refractivity contribution in [1.29, 1.82) is 0 Å². The van der Waals surface area contributed by atoms with Crippen molar-refractivity contribution in [3.63, 3.8) is 0 Å². The third-order valence-corrected chi connectivity index (χ3v) is 3.70. The summed E-state index contributed by atoms with van der Waals surface area (Å²) in [6.45, 7) is 4.29. The highest BCUT2D eigenvalue weighted by molar-refractivity contribution is 9.10. The van der Waals surface area contributed by atoms with Crippen LogP contribution in [0, 0.1) is 5.92 Å². The first-order chi connectivity index (χ1) is 8.42. The molecule has 1 aromatic carbocycles. The Labute approximate surface area is 117 Å². The van der Waals surface area contributed by atoms with E-state index < -0.39 is 5.60 Å². The predicted octanol–water partition coefficient (Wildman–Crippen LogP) is 3.03. The van der Waals surface area contributed by atoms with Gasteiger partial charge in [-0.3, -0.25) is 0 Å². The maximum Gasteiger partial charge on any atom is 0.122 e. The normalized spacial score (nSPS) is 14.6. The second kappa shape index (κ2) is 6.55. The van der Waals surface area contributed by atoms with Gasteiger partial charge in [0.25, 0.3) is 0 Å². The average Bonchev–Trinajstić information content (AvgIpc) is 2.29. The molecule has 1 unspecified atom stereocenters. The van der Waals surface area contributed by atoms with Crippen LogP contribution in [-0.4, -0.2) is 31.5 Å². The molecular weight excluding hydrogens is 296 g/mol. The van der Waals surface area contributed by atoms with Crippen LogP contribution < -0.4 is 4.74 Å². The van der Waals surface area contributed by atoms with Crippen molar-refractivity contribution in [2.45, 2.75) is 25.9 Å². The quantitative estimate of drug-likeness (QED) is 0.876. The van der Waals surface area contributed by atoms with E-state index in [-0.39, 0.29) is 5.92 Å². The average molecular weight is 317 g/mol. The second-order valence-electron chi connectivity index (χ2n) is 4.82. The number of hydrogen-bond donors (Lipinski definition) is 1. The molecule has 0 aliphatic rings. The van der Waals surface area contributed by atoms with Crippen molar-refractivity contribution < 1.29 is 14.6 Å². The summed E-state index contributed by atoms with van der Waals surface area (Å²) in [7, 11) is 3.24. The molecule has 0 heterocycles. The van der Waals surface area contributed by atoms with Gasteiger partial charge in [-0.15, -0.1) is 0 Å². The van der Waals surface area contributed by atoms with E-state index >= 15 is 0 Å². The molecule has 0 aliphatic heterocycles. The number of rotatable bonds is 6. The Balaban J connectivity index is 3.03. The molecule has 0 spiro atoms. The Morgan fingerprint density at radius 1 is 1.33 bits per heavy atom. The molecule has 0 amide bonds. The smallest absolute Gasteiger partial charge is 0.122 e. The fourth-order valence-corrected chi connectivity index (χ4v) is 2.30. The van der Waals surface area contributed by atoms with Gasteiger partial charge in [-0.05, 0) is 29.7 Å². The van der Waals surface area contributed by atoms with Crippen LogP contribution in [0.25, 0.3) is 0 Å². The molecule has 1 rings (SSSR count). The van der Waals surface area contributed by atoms with Crippen LogP contribution in [0.15, 0.2) is 22.7 Å². The highest BCUT2D eigenvalue weighted by Crippen LogP contribution is 2.30. The van der Waals surface area contributed by atoms with Crippen LogP contribution in [0.2, 0.25) is 0 Å². The van der Waals surface area contributed by atoms with Gasteiger partial charge in [0.1, 0.15) is 5.75 Å². The highest BCUT2D eigenvalue weighted by Gasteiger charge is 2.32. The monoisotopic (exact) mass is 316 g/mol. The van der Waals surface area contributed by atoms with Gasteiger partial charge in [0.2, 0.25) is 0 Å². The third kappa shape index (κ3) is 3.70. The summed E-state index contributed by atoms with van der Waals surface area (Å²) in [4.78, 5) is 0. The summed E-state index contributed by atoms with van der Waals surface area (Å²) in [5, 5.41) is 10.7. The van der Waals surface area contributed by atoms with Crippen LogP contribution in [0.1, 0.15) is 19.4 Å². The van der Waals surface area contributed by atoms with Crippen LogP contribution in [0.3, 0.4) is 0 Å². The van der Waals surface area contributed by atoms with Gasteiger partial charge < -0.3 is 14.6 Å². The number of aliphatic hydroxyl groups is 1. The van der Waals surface area contributed by atoms with Gasteiger partial charge in [0.05, 0.1) is 19.3 Å². The molecule has 0 aromatic heterocycles. The zero-order valence-electron chi connectivity index (χ0n) is 11.4. The van der Waals surface area contributed by atoms with E-state index in [9.17, 15) is 5.11 Å². The fourth-order valence-electron chi connectivity index (χ4n) is 1.89. The van der Waals surface area contributed by atoms with Gasteiger partial charge >= 0.3 is 0 Å². The minimum Gasteiger partial charge on any atom is -0.496 e. The molecule has 1 atom stereocenters. The molecule has 0 fully saturated rings. The van der Waals surface area contributed by atoms with Gasteiger partial charge in [-0.2, -0.15) is 0 Å². The van der Waals surface area contributed by atoms with E-state index in [2.05, 4.69) is 15.9 Å². The van der Waals surface area contributed by atoms with E-state index in [0.717, 1.165) is 15.8 Å². The lowest BCUT2D eigenvalue weighted by molar-refractivity contribution is -0.0639. The standard InChI is InChI=1S/C14H21BrO3/c1-10(2)14(16,9-17-3)8-11-7-12(15)5-6-13(11)18-4/h5-7,10,16H,8-9H2,1-4H3. The molecule has 0 aliphatic carbocycles. The lowest BCUT2D eigenvalue weighted by Gasteiger charge is -2.32. The van der Waals surface area contributed by atoms with Gasteiger partial charge in [0, 0.05) is 18.0 Å². The largest absolute Gasteiger partial charge is 0.496 e. The fraction of sp³-hybridized carbons (Fsp3) is 0.571. The number of methoxy groups -OCH3 is 2. The van der Waals surface area contributed by atoms with Gasteiger partial charge in [0.15, 0.2) is 0 Å². The first kappa shape index (κ1) is 15.5. The Morgan fingerprint density at radius 3 is 2.50 bits per heavy atom. The van der Waals surface area contributed by atoms with Gasteiger partial charge in [-0.1, -0.05) is 29.8 Å². The number of hydrogen-bond acceptors (Lipinski definition) is 3. The molecule has 0 bridgehead atoms. The Morgan fingerprint density at radius 2 is 2.00 bits per heavy atom. The number of halogens is 1. The summed E-state index contributed by atoms with van der Waals surface area (Å²) in [6.07, 6.45) is 0.501. The molecule has 3 nitrogen and oxygen atoms in total. The van der Waals surface area contributed by atoms with E-state index in [1.807, 2.05) is 32.0 Å². The summed E-state index contributed by atoms with van der Waals surface area (Å²) >= 11 is 3.44. The predicted molar refractivity (Wildman–Crippen MR) is 76.1 cm³/mol. The summed E-state index contributed by atoms with van der Waals surface area (Å²) in [6, 6.07) is 5.79. The summed E-state index contributed by atoms with van der Waals surface area (Å²) < 4.78 is 11.4. The lowest BCUT2D eigenvalue weighted by Crippen LogP contribution is -2.42. The van der Waals surface area contributed by atoms with Crippen LogP contribution in [0.5, 0.6) is 5.75 Å². The van der Waals surface area contributed by atoms with Crippen LogP contribution in [0.4, 0.5) is 0 Å². The Bertz CT molecular complexity index is 393. The molecular formula is C14H21BrO3. The van der Waals surface area contributed by atoms with E-state index in [1.54, 1.807) is 14.2 Å². The molecule has 4 heteroatoms. The molecule has 102 valence electrons. The second-order valence-corrected chi connectivity index (χ2v) is 5.74. The van der Waals surface area contributed by atoms with Crippen molar-refractivity contribution >= 4 is 15.9 Å². The lowest BCUT2D eigenvalue weighted by atomic mass is 9.84. The third-order valence-electron chi connectivity index (χ3n) is 3.21. The van der Waals surface area contributed by atoms with Crippen molar-refractivity contribution in [3.05, 3.63) is 28.2 Å². The molecule has 1 aromatic rings. The van der Waals surface area contributed by atoms with Gasteiger partial charge in [-0.25, -0.2) is 0 Å². The molecule has 0 radical (unpaired) electrons. The molecule has 18 heavy (non-hydrogen) atoms. The SMILES string of the molecule is COCC(O)(Cc1cc(Br)ccc1OC)C(C)C. The first-order valence-corrected chi connectivity index (χ1v) is 6.76. The Hall–Kier alpha value is -0.580. The molecule has 0 saturated carbocycles. The first-order valence-electron chi connectivity index (χ1n) is 5.96. The maximum atomic E-state index is 10.7. The number of benzene rings is 1. The zero-order valence-corrected chi connectivity index (χ0v) is 13.0. The minimum atomic E-state index is -0.886. The van der Waals surface area contributed by atoms with Crippen molar-refractivity contribution in [1.82, 2.24) is 0 Å². The summed E-state index contributed by atoms with van der Waals surface area (Å²) in [5.74, 6) is 0.884. The minimum absolute atomic E-state index is 0.0983. The molecule has 1 N–H and O–H groups in total. The number of ether oxygens (including phenoxy) is 2. The van der Waals surface area contributed by atoms with E-state index in [4.69, 9.17) is 9.47 Å². The van der Waals surface area contributed by atoms with Crippen molar-refractivity contribution in [2.75, 3.05) is 20.8 Å². The van der Waals surface area contributed by atoms with Crippen LogP contribution in [-0.2, 0) is 11.2 Å².